The Morgan fingerprint density at radius 3 is 2.62 bits per heavy atom. The van der Waals surface area contributed by atoms with Crippen LogP contribution in [0.15, 0.2) is 29.7 Å². The molecule has 0 radical (unpaired) electrons. The molecule has 0 aliphatic heterocycles. The van der Waals surface area contributed by atoms with E-state index in [-0.39, 0.29) is 6.10 Å². The van der Waals surface area contributed by atoms with E-state index in [9.17, 15) is 8.42 Å². The van der Waals surface area contributed by atoms with Crippen LogP contribution < -0.4 is 9.88 Å². The Morgan fingerprint density at radius 2 is 2.06 bits per heavy atom. The molecule has 0 heterocycles. The van der Waals surface area contributed by atoms with Gasteiger partial charge < -0.3 is 4.74 Å². The Labute approximate surface area is 95.8 Å². The van der Waals surface area contributed by atoms with Gasteiger partial charge >= 0.3 is 0 Å². The van der Waals surface area contributed by atoms with E-state index in [0.29, 0.717) is 5.75 Å². The molecule has 0 saturated heterocycles. The lowest BCUT2D eigenvalue weighted by Crippen LogP contribution is -2.07. The van der Waals surface area contributed by atoms with Gasteiger partial charge in [-0.15, -0.1) is 0 Å². The maximum absolute atomic E-state index is 10.7. The molecule has 1 aromatic rings. The second-order valence-corrected chi connectivity index (χ2v) is 5.08. The summed E-state index contributed by atoms with van der Waals surface area (Å²) in [5.41, 5.74) is 0.729. The second-order valence-electron chi connectivity index (χ2n) is 3.63. The first-order valence-corrected chi connectivity index (χ1v) is 6.45. The number of primary sulfonamides is 1. The molecule has 5 heteroatoms. The fourth-order valence-corrected chi connectivity index (χ4v) is 1.48. The van der Waals surface area contributed by atoms with E-state index >= 15 is 0 Å². The highest BCUT2D eigenvalue weighted by Gasteiger charge is 1.98. The number of benzene rings is 1. The van der Waals surface area contributed by atoms with Gasteiger partial charge in [-0.2, -0.15) is 0 Å². The SMILES string of the molecule is CC(C)Oc1cccc(C=CS(N)(=O)=O)c1. The summed E-state index contributed by atoms with van der Waals surface area (Å²) in [5.74, 6) is 0.701. The third-order valence-corrected chi connectivity index (χ3v) is 2.20. The molecular formula is C11H15NO3S. The summed E-state index contributed by atoms with van der Waals surface area (Å²) in [6.07, 6.45) is 1.51. The van der Waals surface area contributed by atoms with Gasteiger partial charge in [0.05, 0.1) is 6.10 Å². The molecule has 0 aromatic heterocycles. The van der Waals surface area contributed by atoms with Crippen LogP contribution in [0.5, 0.6) is 5.75 Å². The van der Waals surface area contributed by atoms with Crippen LogP contribution in [0.3, 0.4) is 0 Å². The van der Waals surface area contributed by atoms with E-state index in [0.717, 1.165) is 11.0 Å². The van der Waals surface area contributed by atoms with Gasteiger partial charge in [-0.05, 0) is 37.6 Å². The van der Waals surface area contributed by atoms with E-state index in [1.807, 2.05) is 19.9 Å². The monoisotopic (exact) mass is 241 g/mol. The van der Waals surface area contributed by atoms with Crippen molar-refractivity contribution in [3.63, 3.8) is 0 Å². The Kier molecular flexibility index (Phi) is 4.09. The summed E-state index contributed by atoms with van der Waals surface area (Å²) < 4.78 is 26.9. The standard InChI is InChI=1S/C11H15NO3S/c1-9(2)15-11-5-3-4-10(8-11)6-7-16(12,13)14/h3-9H,1-2H3,(H2,12,13,14). The van der Waals surface area contributed by atoms with Crippen LogP contribution >= 0.6 is 0 Å². The first-order chi connectivity index (χ1) is 7.37. The molecule has 0 unspecified atom stereocenters. The Balaban J connectivity index is 2.87. The number of hydrogen-bond acceptors (Lipinski definition) is 3. The normalized spacial score (nSPS) is 12.2. The quantitative estimate of drug-likeness (QED) is 0.872. The second kappa shape index (κ2) is 5.14. The summed E-state index contributed by atoms with van der Waals surface area (Å²) >= 11 is 0. The van der Waals surface area contributed by atoms with E-state index in [1.165, 1.54) is 6.08 Å². The van der Waals surface area contributed by atoms with Crippen molar-refractivity contribution < 1.29 is 13.2 Å². The largest absolute Gasteiger partial charge is 0.491 e. The first-order valence-electron chi connectivity index (χ1n) is 4.84. The summed E-state index contributed by atoms with van der Waals surface area (Å²) in [6.45, 7) is 3.85. The highest BCUT2D eigenvalue weighted by atomic mass is 32.2. The van der Waals surface area contributed by atoms with Crippen molar-refractivity contribution in [3.8, 4) is 5.75 Å². The topological polar surface area (TPSA) is 69.4 Å². The lowest BCUT2D eigenvalue weighted by Gasteiger charge is -2.09. The van der Waals surface area contributed by atoms with Crippen molar-refractivity contribution >= 4 is 16.1 Å². The van der Waals surface area contributed by atoms with Gasteiger partial charge in [0.15, 0.2) is 0 Å². The number of hydrogen-bond donors (Lipinski definition) is 1. The molecular weight excluding hydrogens is 226 g/mol. The molecule has 0 bridgehead atoms. The number of nitrogens with two attached hydrogens (primary N) is 1. The average molecular weight is 241 g/mol. The van der Waals surface area contributed by atoms with Crippen LogP contribution in [-0.2, 0) is 10.0 Å². The van der Waals surface area contributed by atoms with Crippen LogP contribution in [0.2, 0.25) is 0 Å². The Morgan fingerprint density at radius 1 is 1.38 bits per heavy atom. The average Bonchev–Trinajstić information content (AvgIpc) is 2.13. The van der Waals surface area contributed by atoms with Crippen LogP contribution in [0.4, 0.5) is 0 Å². The minimum absolute atomic E-state index is 0.0810. The van der Waals surface area contributed by atoms with Crippen LogP contribution in [0, 0.1) is 0 Å². The molecule has 0 atom stereocenters. The summed E-state index contributed by atoms with van der Waals surface area (Å²) in [4.78, 5) is 0. The van der Waals surface area contributed by atoms with Crippen molar-refractivity contribution in [2.24, 2.45) is 5.14 Å². The molecule has 0 aliphatic carbocycles. The maximum Gasteiger partial charge on any atom is 0.231 e. The highest BCUT2D eigenvalue weighted by Crippen LogP contribution is 2.16. The molecule has 1 aromatic carbocycles. The predicted octanol–water partition coefficient (Wildman–Crippen LogP) is 1.73. The van der Waals surface area contributed by atoms with Crippen LogP contribution in [-0.4, -0.2) is 14.5 Å². The zero-order valence-corrected chi connectivity index (χ0v) is 10.1. The van der Waals surface area contributed by atoms with Crippen molar-refractivity contribution in [2.75, 3.05) is 0 Å². The van der Waals surface area contributed by atoms with E-state index in [1.54, 1.807) is 18.2 Å². The van der Waals surface area contributed by atoms with Crippen LogP contribution in [0.1, 0.15) is 19.4 Å². The summed E-state index contributed by atoms with van der Waals surface area (Å²) in [7, 11) is -3.58. The fourth-order valence-electron chi connectivity index (χ4n) is 1.14. The molecule has 16 heavy (non-hydrogen) atoms. The third kappa shape index (κ3) is 4.95. The van der Waals surface area contributed by atoms with E-state index in [2.05, 4.69) is 0 Å². The number of rotatable bonds is 4. The van der Waals surface area contributed by atoms with Gasteiger partial charge in [0.25, 0.3) is 0 Å². The zero-order chi connectivity index (χ0) is 12.2. The minimum atomic E-state index is -3.58. The molecule has 0 amide bonds. The van der Waals surface area contributed by atoms with Gasteiger partial charge in [-0.25, -0.2) is 13.6 Å². The van der Waals surface area contributed by atoms with Crippen LogP contribution in [0.25, 0.3) is 6.08 Å². The summed E-state index contributed by atoms with van der Waals surface area (Å²) in [6, 6.07) is 7.13. The van der Waals surface area contributed by atoms with Gasteiger partial charge in [0.1, 0.15) is 5.75 Å². The minimum Gasteiger partial charge on any atom is -0.491 e. The molecule has 0 spiro atoms. The highest BCUT2D eigenvalue weighted by molar-refractivity contribution is 7.92. The number of sulfonamides is 1. The molecule has 4 nitrogen and oxygen atoms in total. The number of ether oxygens (including phenoxy) is 1. The van der Waals surface area contributed by atoms with Crippen molar-refractivity contribution in [2.45, 2.75) is 20.0 Å². The van der Waals surface area contributed by atoms with Gasteiger partial charge in [0, 0.05) is 5.41 Å². The lowest BCUT2D eigenvalue weighted by atomic mass is 10.2. The Hall–Kier alpha value is -1.33. The molecule has 2 N–H and O–H groups in total. The smallest absolute Gasteiger partial charge is 0.231 e. The molecule has 0 fully saturated rings. The lowest BCUT2D eigenvalue weighted by molar-refractivity contribution is 0.242. The molecule has 1 rings (SSSR count). The molecule has 88 valence electrons. The van der Waals surface area contributed by atoms with E-state index < -0.39 is 10.0 Å². The first kappa shape index (κ1) is 12.7. The third-order valence-electron chi connectivity index (χ3n) is 1.68. The zero-order valence-electron chi connectivity index (χ0n) is 9.25. The van der Waals surface area contributed by atoms with Gasteiger partial charge in [0.2, 0.25) is 10.0 Å². The summed E-state index contributed by atoms with van der Waals surface area (Å²) in [5, 5.41) is 5.82. The van der Waals surface area contributed by atoms with E-state index in [4.69, 9.17) is 9.88 Å². The fraction of sp³-hybridized carbons (Fsp3) is 0.273. The van der Waals surface area contributed by atoms with Gasteiger partial charge in [-0.1, -0.05) is 12.1 Å². The van der Waals surface area contributed by atoms with Gasteiger partial charge in [-0.3, -0.25) is 0 Å². The molecule has 0 aliphatic rings. The van der Waals surface area contributed by atoms with Crippen molar-refractivity contribution in [1.29, 1.82) is 0 Å². The molecule has 0 saturated carbocycles. The van der Waals surface area contributed by atoms with Crippen molar-refractivity contribution in [1.82, 2.24) is 0 Å². The maximum atomic E-state index is 10.7. The van der Waals surface area contributed by atoms with Crippen molar-refractivity contribution in [3.05, 3.63) is 35.2 Å². The Bertz CT molecular complexity index is 478. The predicted molar refractivity (Wildman–Crippen MR) is 64.3 cm³/mol.